The van der Waals surface area contributed by atoms with Crippen LogP contribution in [0, 0.1) is 11.8 Å². The van der Waals surface area contributed by atoms with Crippen LogP contribution in [0.4, 0.5) is 0 Å². The van der Waals surface area contributed by atoms with Crippen molar-refractivity contribution in [1.29, 1.82) is 0 Å². The van der Waals surface area contributed by atoms with Gasteiger partial charge in [-0.05, 0) is 24.7 Å². The van der Waals surface area contributed by atoms with Crippen molar-refractivity contribution in [2.75, 3.05) is 0 Å². The molecule has 1 rings (SSSR count). The van der Waals surface area contributed by atoms with Gasteiger partial charge in [0.2, 0.25) is 0 Å². The number of hydrogen-bond acceptors (Lipinski definition) is 2. The van der Waals surface area contributed by atoms with Crippen LogP contribution in [0.25, 0.3) is 0 Å². The minimum atomic E-state index is -0.715. The van der Waals surface area contributed by atoms with Gasteiger partial charge >= 0.3 is 11.9 Å². The number of carbonyl (C=O) groups is 2. The Hall–Kier alpha value is -1.06. The molecule has 0 amide bonds. The fourth-order valence-corrected chi connectivity index (χ4v) is 2.46. The smallest absolute Gasteiger partial charge is 0.303 e. The van der Waals surface area contributed by atoms with Gasteiger partial charge in [0.15, 0.2) is 0 Å². The molecule has 4 heteroatoms. The summed E-state index contributed by atoms with van der Waals surface area (Å²) in [5.41, 5.74) is 0. The molecule has 0 aromatic rings. The van der Waals surface area contributed by atoms with Crippen LogP contribution in [-0.2, 0) is 9.59 Å². The molecule has 92 valence electrons. The van der Waals surface area contributed by atoms with E-state index in [4.69, 9.17) is 10.2 Å². The van der Waals surface area contributed by atoms with Crippen LogP contribution >= 0.6 is 0 Å². The standard InChI is InChI=1S/C12H20O4/c13-11(14)7-5-9-1-2-10(4-3-9)6-8-12(15)16/h9-10H,1-8H2,(H,13,14)(H,15,16). The maximum atomic E-state index is 10.4. The second-order valence-corrected chi connectivity index (χ2v) is 4.75. The highest BCUT2D eigenvalue weighted by molar-refractivity contribution is 5.66. The van der Waals surface area contributed by atoms with Gasteiger partial charge in [0.25, 0.3) is 0 Å². The number of rotatable bonds is 6. The number of carboxylic acid groups (broad SMARTS) is 2. The molecule has 0 radical (unpaired) electrons. The number of aliphatic carboxylic acids is 2. The Morgan fingerprint density at radius 2 is 1.12 bits per heavy atom. The third-order valence-corrected chi connectivity index (χ3v) is 3.50. The lowest BCUT2D eigenvalue weighted by molar-refractivity contribution is -0.138. The summed E-state index contributed by atoms with van der Waals surface area (Å²) in [6.07, 6.45) is 6.36. The van der Waals surface area contributed by atoms with Gasteiger partial charge in [-0.15, -0.1) is 0 Å². The van der Waals surface area contributed by atoms with Gasteiger partial charge in [-0.25, -0.2) is 0 Å². The Kier molecular flexibility index (Phi) is 5.29. The van der Waals surface area contributed by atoms with Crippen molar-refractivity contribution >= 4 is 11.9 Å². The third-order valence-electron chi connectivity index (χ3n) is 3.50. The highest BCUT2D eigenvalue weighted by atomic mass is 16.4. The van der Waals surface area contributed by atoms with Crippen molar-refractivity contribution in [2.24, 2.45) is 11.8 Å². The predicted octanol–water partition coefficient (Wildman–Crippen LogP) is 2.52. The first-order chi connectivity index (χ1) is 7.58. The maximum absolute atomic E-state index is 10.4. The van der Waals surface area contributed by atoms with E-state index in [9.17, 15) is 9.59 Å². The number of carboxylic acids is 2. The van der Waals surface area contributed by atoms with Crippen LogP contribution in [0.2, 0.25) is 0 Å². The lowest BCUT2D eigenvalue weighted by Crippen LogP contribution is -2.16. The molecular formula is C12H20O4. The minimum Gasteiger partial charge on any atom is -0.481 e. The van der Waals surface area contributed by atoms with Crippen molar-refractivity contribution in [3.05, 3.63) is 0 Å². The van der Waals surface area contributed by atoms with E-state index in [0.717, 1.165) is 38.5 Å². The van der Waals surface area contributed by atoms with Crippen molar-refractivity contribution < 1.29 is 19.8 Å². The van der Waals surface area contributed by atoms with Gasteiger partial charge < -0.3 is 10.2 Å². The predicted molar refractivity (Wildman–Crippen MR) is 59.2 cm³/mol. The molecular weight excluding hydrogens is 208 g/mol. The maximum Gasteiger partial charge on any atom is 0.303 e. The van der Waals surface area contributed by atoms with Crippen molar-refractivity contribution in [3.8, 4) is 0 Å². The molecule has 0 aliphatic heterocycles. The summed E-state index contributed by atoms with van der Waals surface area (Å²) in [5.74, 6) is -0.352. The van der Waals surface area contributed by atoms with E-state index >= 15 is 0 Å². The van der Waals surface area contributed by atoms with Crippen molar-refractivity contribution in [3.63, 3.8) is 0 Å². The van der Waals surface area contributed by atoms with E-state index in [0.29, 0.717) is 11.8 Å². The van der Waals surface area contributed by atoms with Crippen LogP contribution in [0.3, 0.4) is 0 Å². The normalized spacial score (nSPS) is 25.2. The molecule has 0 atom stereocenters. The average molecular weight is 228 g/mol. The minimum absolute atomic E-state index is 0.268. The topological polar surface area (TPSA) is 74.6 Å². The Labute approximate surface area is 95.7 Å². The van der Waals surface area contributed by atoms with Gasteiger partial charge in [0.1, 0.15) is 0 Å². The van der Waals surface area contributed by atoms with Crippen LogP contribution in [0.15, 0.2) is 0 Å². The summed E-state index contributed by atoms with van der Waals surface area (Å²) >= 11 is 0. The molecule has 1 fully saturated rings. The van der Waals surface area contributed by atoms with Crippen molar-refractivity contribution in [1.82, 2.24) is 0 Å². The van der Waals surface area contributed by atoms with Gasteiger partial charge in [-0.2, -0.15) is 0 Å². The summed E-state index contributed by atoms with van der Waals surface area (Å²) < 4.78 is 0. The molecule has 0 unspecified atom stereocenters. The zero-order valence-corrected chi connectivity index (χ0v) is 9.52. The van der Waals surface area contributed by atoms with E-state index in [1.807, 2.05) is 0 Å². The third kappa shape index (κ3) is 5.14. The second kappa shape index (κ2) is 6.51. The molecule has 0 spiro atoms. The Bertz CT molecular complexity index is 215. The average Bonchev–Trinajstić information content (AvgIpc) is 2.25. The Morgan fingerprint density at radius 1 is 0.812 bits per heavy atom. The molecule has 2 N–H and O–H groups in total. The zero-order valence-electron chi connectivity index (χ0n) is 9.52. The van der Waals surface area contributed by atoms with Crippen molar-refractivity contribution in [2.45, 2.75) is 51.4 Å². The summed E-state index contributed by atoms with van der Waals surface area (Å²) in [5, 5.41) is 17.2. The Morgan fingerprint density at radius 3 is 1.38 bits per heavy atom. The highest BCUT2D eigenvalue weighted by Gasteiger charge is 2.21. The lowest BCUT2D eigenvalue weighted by Gasteiger charge is -2.27. The van der Waals surface area contributed by atoms with E-state index in [1.165, 1.54) is 0 Å². The van der Waals surface area contributed by atoms with Crippen LogP contribution < -0.4 is 0 Å². The van der Waals surface area contributed by atoms with E-state index in [1.54, 1.807) is 0 Å². The van der Waals surface area contributed by atoms with E-state index in [2.05, 4.69) is 0 Å². The highest BCUT2D eigenvalue weighted by Crippen LogP contribution is 2.33. The molecule has 1 saturated carbocycles. The van der Waals surface area contributed by atoms with Gasteiger partial charge in [-0.1, -0.05) is 25.7 Å². The molecule has 4 nitrogen and oxygen atoms in total. The summed E-state index contributed by atoms with van der Waals surface area (Å²) in [4.78, 5) is 20.8. The molecule has 0 bridgehead atoms. The van der Waals surface area contributed by atoms with Gasteiger partial charge in [0, 0.05) is 12.8 Å². The van der Waals surface area contributed by atoms with Crippen LogP contribution in [-0.4, -0.2) is 22.2 Å². The number of hydrogen-bond donors (Lipinski definition) is 2. The molecule has 1 aliphatic carbocycles. The molecule has 16 heavy (non-hydrogen) atoms. The molecule has 0 aromatic carbocycles. The molecule has 0 aromatic heterocycles. The largest absolute Gasteiger partial charge is 0.481 e. The second-order valence-electron chi connectivity index (χ2n) is 4.75. The quantitative estimate of drug-likeness (QED) is 0.732. The van der Waals surface area contributed by atoms with Gasteiger partial charge in [0.05, 0.1) is 0 Å². The first-order valence-electron chi connectivity index (χ1n) is 6.01. The zero-order chi connectivity index (χ0) is 12.0. The lowest BCUT2D eigenvalue weighted by atomic mass is 9.78. The van der Waals surface area contributed by atoms with Gasteiger partial charge in [-0.3, -0.25) is 9.59 Å². The fraction of sp³-hybridized carbons (Fsp3) is 0.833. The fourth-order valence-electron chi connectivity index (χ4n) is 2.46. The SMILES string of the molecule is O=C(O)CCC1CCC(CCC(=O)O)CC1. The van der Waals surface area contributed by atoms with Crippen LogP contribution in [0.1, 0.15) is 51.4 Å². The first kappa shape index (κ1) is 13.0. The van der Waals surface area contributed by atoms with E-state index < -0.39 is 11.9 Å². The summed E-state index contributed by atoms with van der Waals surface area (Å²) in [6, 6.07) is 0. The van der Waals surface area contributed by atoms with E-state index in [-0.39, 0.29) is 12.8 Å². The molecule has 1 aliphatic rings. The Balaban J connectivity index is 2.13. The molecule has 0 heterocycles. The molecule has 0 saturated heterocycles. The summed E-state index contributed by atoms with van der Waals surface area (Å²) in [7, 11) is 0. The monoisotopic (exact) mass is 228 g/mol. The van der Waals surface area contributed by atoms with Crippen LogP contribution in [0.5, 0.6) is 0 Å². The first-order valence-corrected chi connectivity index (χ1v) is 6.01. The summed E-state index contributed by atoms with van der Waals surface area (Å²) in [6.45, 7) is 0.